The number of phenolic OH excluding ortho intramolecular Hbond substituents is 1. The molecule has 4 aliphatic rings. The van der Waals surface area contributed by atoms with Crippen LogP contribution in [0.3, 0.4) is 0 Å². The lowest BCUT2D eigenvalue weighted by molar-refractivity contribution is -0.0841. The number of rotatable bonds is 5. The van der Waals surface area contributed by atoms with Gasteiger partial charge in [-0.1, -0.05) is 42.8 Å². The van der Waals surface area contributed by atoms with Gasteiger partial charge in [-0.05, 0) is 105 Å². The molecule has 2 bridgehead atoms. The topological polar surface area (TPSA) is 84.2 Å². The van der Waals surface area contributed by atoms with Gasteiger partial charge in [0.25, 0.3) is 0 Å². The van der Waals surface area contributed by atoms with Gasteiger partial charge in [-0.3, -0.25) is 9.69 Å². The van der Waals surface area contributed by atoms with Gasteiger partial charge in [-0.15, -0.1) is 0 Å². The summed E-state index contributed by atoms with van der Waals surface area (Å²) in [5, 5.41) is 33.9. The van der Waals surface area contributed by atoms with Gasteiger partial charge < -0.3 is 20.2 Å². The molecule has 1 saturated heterocycles. The average Bonchev–Trinajstić information content (AvgIpc) is 3.30. The zero-order chi connectivity index (χ0) is 33.3. The van der Waals surface area contributed by atoms with Crippen molar-refractivity contribution < 1.29 is 28.9 Å². The first-order valence-electron chi connectivity index (χ1n) is 16.9. The molecule has 1 heterocycles. The van der Waals surface area contributed by atoms with Crippen LogP contribution in [0.25, 0.3) is 0 Å². The van der Waals surface area contributed by atoms with Gasteiger partial charge in [-0.2, -0.15) is 0 Å². The summed E-state index contributed by atoms with van der Waals surface area (Å²) in [4.78, 5) is 18.6. The molecule has 47 heavy (non-hydrogen) atoms. The minimum atomic E-state index is -1.07. The van der Waals surface area contributed by atoms with Crippen LogP contribution in [0.15, 0.2) is 72.3 Å². The quantitative estimate of drug-likeness (QED) is 0.210. The number of fused-ring (bicyclic) bond motifs is 8. The van der Waals surface area contributed by atoms with Crippen molar-refractivity contribution in [1.82, 2.24) is 4.90 Å². The normalized spacial score (nSPS) is 27.3. The van der Waals surface area contributed by atoms with E-state index in [-0.39, 0.29) is 17.2 Å². The number of piperazine rings is 1. The van der Waals surface area contributed by atoms with Crippen LogP contribution < -0.4 is 4.90 Å². The number of benzene rings is 3. The van der Waals surface area contributed by atoms with Crippen LogP contribution in [-0.2, 0) is 6.42 Å². The number of anilines is 1. The molecule has 8 heteroatoms. The number of β-amino-alcohol motifs (C(OH)–C–C–N with tert-alkyl or cyclic N) is 1. The first-order valence-corrected chi connectivity index (χ1v) is 16.9. The second kappa shape index (κ2) is 13.5. The minimum absolute atomic E-state index is 0.0693. The van der Waals surface area contributed by atoms with E-state index in [2.05, 4.69) is 29.7 Å². The molecular weight excluding hydrogens is 598 g/mol. The summed E-state index contributed by atoms with van der Waals surface area (Å²) in [5.41, 5.74) is 2.51. The molecule has 2 fully saturated rings. The fraction of sp³-hybridized carbons (Fsp3) is 0.462. The fourth-order valence-electron chi connectivity index (χ4n) is 8.24. The lowest BCUT2D eigenvalue weighted by Crippen LogP contribution is -2.56. The van der Waals surface area contributed by atoms with E-state index in [0.717, 1.165) is 68.0 Å². The molecule has 250 valence electrons. The predicted molar refractivity (Wildman–Crippen MR) is 180 cm³/mol. The molecule has 0 radical (unpaired) electrons. The van der Waals surface area contributed by atoms with Gasteiger partial charge in [0.05, 0.1) is 17.4 Å². The van der Waals surface area contributed by atoms with E-state index in [1.165, 1.54) is 11.6 Å². The van der Waals surface area contributed by atoms with Crippen LogP contribution in [-0.4, -0.2) is 70.4 Å². The Morgan fingerprint density at radius 3 is 2.47 bits per heavy atom. The molecule has 0 amide bonds. The average molecular weight is 645 g/mol. The van der Waals surface area contributed by atoms with Gasteiger partial charge in [-0.25, -0.2) is 8.78 Å². The summed E-state index contributed by atoms with van der Waals surface area (Å²) in [6.45, 7) is 7.69. The minimum Gasteiger partial charge on any atom is -0.506 e. The monoisotopic (exact) mass is 644 g/mol. The number of ketones is 1. The van der Waals surface area contributed by atoms with Crippen molar-refractivity contribution in [2.45, 2.75) is 76.4 Å². The maximum Gasteiger partial charge on any atom is 0.193 e. The van der Waals surface area contributed by atoms with Crippen LogP contribution in [0.2, 0.25) is 0 Å². The van der Waals surface area contributed by atoms with E-state index >= 15 is 0 Å². The first kappa shape index (κ1) is 33.3. The van der Waals surface area contributed by atoms with E-state index in [4.69, 9.17) is 0 Å². The number of carbonyl (C=O) groups excluding carboxylic acids is 1. The maximum absolute atomic E-state index is 14.3. The first-order chi connectivity index (χ1) is 22.5. The number of allylic oxidation sites excluding steroid dienone is 2. The number of aliphatic hydroxyl groups is 2. The number of para-hydroxylation sites is 2. The molecule has 4 atom stereocenters. The summed E-state index contributed by atoms with van der Waals surface area (Å²) in [5.74, 6) is -2.36. The van der Waals surface area contributed by atoms with Gasteiger partial charge in [0.1, 0.15) is 5.75 Å². The Morgan fingerprint density at radius 2 is 1.72 bits per heavy atom. The van der Waals surface area contributed by atoms with Gasteiger partial charge in [0.15, 0.2) is 17.4 Å². The zero-order valence-electron chi connectivity index (χ0n) is 27.4. The number of hydrogen-bond donors (Lipinski definition) is 3. The second-order valence-electron chi connectivity index (χ2n) is 14.2. The Hall–Kier alpha value is -3.59. The van der Waals surface area contributed by atoms with Crippen molar-refractivity contribution >= 4 is 11.5 Å². The highest BCUT2D eigenvalue weighted by Gasteiger charge is 2.57. The molecule has 3 aromatic carbocycles. The Bertz CT molecular complexity index is 1650. The van der Waals surface area contributed by atoms with E-state index in [1.807, 2.05) is 36.4 Å². The highest BCUT2D eigenvalue weighted by molar-refractivity contribution is 6.10. The van der Waals surface area contributed by atoms with Crippen molar-refractivity contribution in [3.63, 3.8) is 0 Å². The molecule has 3 aromatic rings. The second-order valence-corrected chi connectivity index (χ2v) is 14.2. The molecule has 1 saturated carbocycles. The number of phenols is 1. The standard InChI is InChI=1S/C39H46F2N2O4/c1-26-6-5-16-38(2)32(15-17-39(38,47)25-42-18-20-43(21-19-42)35-7-3-4-8-36(35)45)30-13-10-27(22-29(44)12-9-26)23-31(30)37(46)28-11-14-33(40)34(41)24-28/h3-4,6-8,10-11,13-14,23-24,29,32,44-45,47H,5,9,12,15-22,25H2,1-2H3/t29-,32-,38-,39+/m0/s1. The summed E-state index contributed by atoms with van der Waals surface area (Å²) in [7, 11) is 0. The largest absolute Gasteiger partial charge is 0.506 e. The number of halogens is 2. The Labute approximate surface area is 276 Å². The third-order valence-electron chi connectivity index (χ3n) is 11.2. The summed E-state index contributed by atoms with van der Waals surface area (Å²) in [6.07, 6.45) is 6.06. The highest BCUT2D eigenvalue weighted by Crippen LogP contribution is 2.59. The molecule has 6 nitrogen and oxygen atoms in total. The maximum atomic E-state index is 14.3. The van der Waals surface area contributed by atoms with E-state index < -0.39 is 34.5 Å². The molecular formula is C39H46F2N2O4. The van der Waals surface area contributed by atoms with Crippen molar-refractivity contribution in [3.05, 3.63) is 106 Å². The molecule has 0 spiro atoms. The molecule has 1 aliphatic heterocycles. The third-order valence-corrected chi connectivity index (χ3v) is 11.2. The fourth-order valence-corrected chi connectivity index (χ4v) is 8.24. The van der Waals surface area contributed by atoms with Crippen LogP contribution in [0.5, 0.6) is 5.75 Å². The lowest BCUT2D eigenvalue weighted by atomic mass is 9.64. The van der Waals surface area contributed by atoms with Crippen LogP contribution in [0.4, 0.5) is 14.5 Å². The Balaban J connectivity index is 1.34. The van der Waals surface area contributed by atoms with Crippen molar-refractivity contribution in [2.75, 3.05) is 37.6 Å². The number of aromatic hydroxyl groups is 1. The SMILES string of the molecule is CC1=CCC[C@@]2(C)[C@@H](CC[C@@]2(O)CN2CCN(c3ccccc3O)CC2)c2ccc(cc2C(=O)c2ccc(F)c(F)c2)C[C@@H](O)CC1. The van der Waals surface area contributed by atoms with E-state index in [0.29, 0.717) is 44.2 Å². The molecule has 3 N–H and O–H groups in total. The van der Waals surface area contributed by atoms with E-state index in [1.54, 1.807) is 6.07 Å². The Morgan fingerprint density at radius 1 is 0.957 bits per heavy atom. The molecule has 7 rings (SSSR count). The van der Waals surface area contributed by atoms with Crippen molar-refractivity contribution in [2.24, 2.45) is 5.41 Å². The number of nitrogens with zero attached hydrogens (tertiary/aromatic N) is 2. The summed E-state index contributed by atoms with van der Waals surface area (Å²) in [6, 6.07) is 16.4. The zero-order valence-corrected chi connectivity index (χ0v) is 27.4. The van der Waals surface area contributed by atoms with Crippen molar-refractivity contribution in [3.8, 4) is 5.75 Å². The number of aliphatic hydroxyl groups excluding tert-OH is 1. The highest BCUT2D eigenvalue weighted by atomic mass is 19.2. The lowest BCUT2D eigenvalue weighted by Gasteiger charge is -2.47. The van der Waals surface area contributed by atoms with Gasteiger partial charge in [0.2, 0.25) is 0 Å². The molecule has 3 aliphatic carbocycles. The predicted octanol–water partition coefficient (Wildman–Crippen LogP) is 6.76. The van der Waals surface area contributed by atoms with Gasteiger partial charge >= 0.3 is 0 Å². The summed E-state index contributed by atoms with van der Waals surface area (Å²) < 4.78 is 28.1. The third kappa shape index (κ3) is 6.73. The number of hydrogen-bond acceptors (Lipinski definition) is 6. The van der Waals surface area contributed by atoms with E-state index in [9.17, 15) is 28.9 Å². The number of carbonyl (C=O) groups is 1. The molecule has 0 aromatic heterocycles. The smallest absolute Gasteiger partial charge is 0.193 e. The van der Waals surface area contributed by atoms with Gasteiger partial charge in [0, 0.05) is 49.3 Å². The van der Waals surface area contributed by atoms with Crippen LogP contribution >= 0.6 is 0 Å². The van der Waals surface area contributed by atoms with Crippen molar-refractivity contribution in [1.29, 1.82) is 0 Å². The van der Waals surface area contributed by atoms with Crippen LogP contribution in [0, 0.1) is 17.0 Å². The Kier molecular flexibility index (Phi) is 9.57. The molecule has 0 unspecified atom stereocenters. The summed E-state index contributed by atoms with van der Waals surface area (Å²) >= 11 is 0. The van der Waals surface area contributed by atoms with Crippen LogP contribution in [0.1, 0.15) is 85.3 Å².